The van der Waals surface area contributed by atoms with Gasteiger partial charge in [0.2, 0.25) is 5.91 Å². The Labute approximate surface area is 144 Å². The zero-order valence-electron chi connectivity index (χ0n) is 14.0. The fraction of sp³-hybridized carbons (Fsp3) is 0.611. The van der Waals surface area contributed by atoms with Crippen LogP contribution in [0.2, 0.25) is 0 Å². The van der Waals surface area contributed by atoms with Gasteiger partial charge in [-0.25, -0.2) is 4.39 Å². The number of hydrogen-bond donors (Lipinski definition) is 1. The summed E-state index contributed by atoms with van der Waals surface area (Å²) >= 11 is 0. The fourth-order valence-corrected chi connectivity index (χ4v) is 3.08. The number of rotatable bonds is 6. The molecule has 0 spiro atoms. The quantitative estimate of drug-likeness (QED) is 0.859. The molecule has 2 N–H and O–H groups in total. The van der Waals surface area contributed by atoms with Crippen LogP contribution in [0, 0.1) is 11.7 Å². The topological polar surface area (TPSA) is 46.3 Å². The highest BCUT2D eigenvalue weighted by Crippen LogP contribution is 2.25. The number of carbonyl (C=O) groups excluding carboxylic acids is 1. The maximum Gasteiger partial charge on any atom is 0.227 e. The van der Waals surface area contributed by atoms with Crippen molar-refractivity contribution in [3.8, 4) is 0 Å². The summed E-state index contributed by atoms with van der Waals surface area (Å²) in [6.45, 7) is 4.48. The van der Waals surface area contributed by atoms with E-state index in [1.807, 2.05) is 18.7 Å². The molecule has 0 bridgehead atoms. The molecule has 5 heteroatoms. The fourth-order valence-electron chi connectivity index (χ4n) is 3.08. The van der Waals surface area contributed by atoms with Crippen molar-refractivity contribution in [3.63, 3.8) is 0 Å². The van der Waals surface area contributed by atoms with E-state index >= 15 is 0 Å². The first-order chi connectivity index (χ1) is 10.5. The molecule has 0 aliphatic heterocycles. The number of halogens is 2. The molecule has 1 saturated carbocycles. The van der Waals surface area contributed by atoms with Crippen molar-refractivity contribution in [3.05, 3.63) is 35.6 Å². The van der Waals surface area contributed by atoms with Crippen LogP contribution in [-0.2, 0) is 11.2 Å². The summed E-state index contributed by atoms with van der Waals surface area (Å²) in [5.41, 5.74) is 6.97. The summed E-state index contributed by atoms with van der Waals surface area (Å²) in [7, 11) is 0. The molecular weight excluding hydrogens is 315 g/mol. The third-order valence-corrected chi connectivity index (χ3v) is 4.78. The van der Waals surface area contributed by atoms with E-state index in [1.54, 1.807) is 12.1 Å². The third-order valence-electron chi connectivity index (χ3n) is 4.78. The Morgan fingerprint density at radius 3 is 2.35 bits per heavy atom. The first-order valence-corrected chi connectivity index (χ1v) is 8.29. The maximum atomic E-state index is 13.0. The number of amides is 1. The van der Waals surface area contributed by atoms with Crippen molar-refractivity contribution in [2.45, 2.75) is 58.0 Å². The lowest BCUT2D eigenvalue weighted by atomic mass is 10.0. The van der Waals surface area contributed by atoms with Crippen LogP contribution >= 0.6 is 12.4 Å². The average molecular weight is 343 g/mol. The van der Waals surface area contributed by atoms with Gasteiger partial charge in [0.1, 0.15) is 5.82 Å². The van der Waals surface area contributed by atoms with Crippen molar-refractivity contribution in [1.82, 2.24) is 4.90 Å². The first kappa shape index (κ1) is 19.9. The van der Waals surface area contributed by atoms with Crippen LogP contribution in [-0.4, -0.2) is 29.4 Å². The van der Waals surface area contributed by atoms with Gasteiger partial charge in [-0.05, 0) is 43.9 Å². The molecule has 1 fully saturated rings. The molecule has 2 rings (SSSR count). The van der Waals surface area contributed by atoms with Crippen LogP contribution in [0.25, 0.3) is 0 Å². The molecule has 1 aliphatic carbocycles. The molecule has 2 unspecified atom stereocenters. The Kier molecular flexibility index (Phi) is 8.00. The van der Waals surface area contributed by atoms with Crippen molar-refractivity contribution < 1.29 is 9.18 Å². The van der Waals surface area contributed by atoms with Gasteiger partial charge in [-0.3, -0.25) is 4.79 Å². The zero-order chi connectivity index (χ0) is 16.1. The van der Waals surface area contributed by atoms with E-state index in [9.17, 15) is 9.18 Å². The second-order valence-corrected chi connectivity index (χ2v) is 6.49. The van der Waals surface area contributed by atoms with Crippen LogP contribution in [0.5, 0.6) is 0 Å². The Hall–Kier alpha value is -1.13. The van der Waals surface area contributed by atoms with E-state index in [-0.39, 0.29) is 36.1 Å². The molecule has 0 saturated heterocycles. The summed E-state index contributed by atoms with van der Waals surface area (Å²) in [5, 5.41) is 0. The highest BCUT2D eigenvalue weighted by Gasteiger charge is 2.30. The van der Waals surface area contributed by atoms with Gasteiger partial charge < -0.3 is 10.6 Å². The zero-order valence-corrected chi connectivity index (χ0v) is 14.8. The van der Waals surface area contributed by atoms with Crippen molar-refractivity contribution in [2.24, 2.45) is 11.7 Å². The number of hydrogen-bond acceptors (Lipinski definition) is 2. The molecule has 0 aromatic heterocycles. The highest BCUT2D eigenvalue weighted by atomic mass is 35.5. The van der Waals surface area contributed by atoms with Crippen LogP contribution in [0.4, 0.5) is 4.39 Å². The van der Waals surface area contributed by atoms with Gasteiger partial charge in [0.05, 0.1) is 5.92 Å². The monoisotopic (exact) mass is 342 g/mol. The third kappa shape index (κ3) is 5.47. The lowest BCUT2D eigenvalue weighted by Gasteiger charge is -2.32. The van der Waals surface area contributed by atoms with Crippen molar-refractivity contribution >= 4 is 18.3 Å². The molecule has 2 atom stereocenters. The Balaban J connectivity index is 0.00000264. The van der Waals surface area contributed by atoms with Gasteiger partial charge in [-0.2, -0.15) is 0 Å². The predicted octanol–water partition coefficient (Wildman–Crippen LogP) is 3.54. The van der Waals surface area contributed by atoms with E-state index in [0.29, 0.717) is 12.6 Å². The van der Waals surface area contributed by atoms with E-state index < -0.39 is 0 Å². The number of nitrogens with two attached hydrogens (primary N) is 1. The Morgan fingerprint density at radius 2 is 1.83 bits per heavy atom. The summed E-state index contributed by atoms with van der Waals surface area (Å²) in [6, 6.07) is 6.74. The highest BCUT2D eigenvalue weighted by molar-refractivity contribution is 5.85. The van der Waals surface area contributed by atoms with Gasteiger partial charge in [-0.1, -0.05) is 31.9 Å². The Bertz CT molecular complexity index is 486. The van der Waals surface area contributed by atoms with Gasteiger partial charge in [-0.15, -0.1) is 12.4 Å². The lowest BCUT2D eigenvalue weighted by molar-refractivity contribution is -0.137. The average Bonchev–Trinajstić information content (AvgIpc) is 3.02. The molecule has 0 heterocycles. The standard InChI is InChI=1S/C18H27FN2O.ClH/c1-13(14(2)20)18(22)21(17-5-3-4-6-17)12-11-15-7-9-16(19)10-8-15;/h7-10,13-14,17H,3-6,11-12,20H2,1-2H3;1H. The minimum absolute atomic E-state index is 0. The van der Waals surface area contributed by atoms with E-state index in [1.165, 1.54) is 25.0 Å². The van der Waals surface area contributed by atoms with Crippen molar-refractivity contribution in [1.29, 1.82) is 0 Å². The van der Waals surface area contributed by atoms with E-state index in [0.717, 1.165) is 24.8 Å². The summed E-state index contributed by atoms with van der Waals surface area (Å²) in [6.07, 6.45) is 5.31. The smallest absolute Gasteiger partial charge is 0.227 e. The summed E-state index contributed by atoms with van der Waals surface area (Å²) < 4.78 is 13.0. The lowest BCUT2D eigenvalue weighted by Crippen LogP contribution is -2.46. The summed E-state index contributed by atoms with van der Waals surface area (Å²) in [4.78, 5) is 14.8. The van der Waals surface area contributed by atoms with Gasteiger partial charge in [0, 0.05) is 18.6 Å². The molecule has 3 nitrogen and oxygen atoms in total. The molecule has 0 radical (unpaired) electrons. The predicted molar refractivity (Wildman–Crippen MR) is 94.1 cm³/mol. The molecule has 130 valence electrons. The van der Waals surface area contributed by atoms with Crippen LogP contribution < -0.4 is 5.73 Å². The largest absolute Gasteiger partial charge is 0.339 e. The molecule has 1 aromatic carbocycles. The summed E-state index contributed by atoms with van der Waals surface area (Å²) in [5.74, 6) is -0.226. The Morgan fingerprint density at radius 1 is 1.26 bits per heavy atom. The van der Waals surface area contributed by atoms with Gasteiger partial charge in [0.15, 0.2) is 0 Å². The number of benzene rings is 1. The van der Waals surface area contributed by atoms with E-state index in [4.69, 9.17) is 5.73 Å². The molecule has 23 heavy (non-hydrogen) atoms. The number of carbonyl (C=O) groups is 1. The second-order valence-electron chi connectivity index (χ2n) is 6.49. The molecule has 1 amide bonds. The second kappa shape index (κ2) is 9.24. The SMILES string of the molecule is CC(N)C(C)C(=O)N(CCc1ccc(F)cc1)C1CCCC1.Cl. The normalized spacial score (nSPS) is 17.4. The minimum Gasteiger partial charge on any atom is -0.339 e. The van der Waals surface area contributed by atoms with Crippen LogP contribution in [0.1, 0.15) is 45.1 Å². The molecule has 1 aromatic rings. The van der Waals surface area contributed by atoms with E-state index in [2.05, 4.69) is 0 Å². The van der Waals surface area contributed by atoms with Crippen molar-refractivity contribution in [2.75, 3.05) is 6.54 Å². The molecule has 1 aliphatic rings. The molecular formula is C18H28ClFN2O. The van der Waals surface area contributed by atoms with Crippen LogP contribution in [0.15, 0.2) is 24.3 Å². The maximum absolute atomic E-state index is 13.0. The number of nitrogens with zero attached hydrogens (tertiary/aromatic N) is 1. The van der Waals surface area contributed by atoms with Gasteiger partial charge in [0.25, 0.3) is 0 Å². The van der Waals surface area contributed by atoms with Crippen LogP contribution in [0.3, 0.4) is 0 Å². The van der Waals surface area contributed by atoms with Gasteiger partial charge >= 0.3 is 0 Å². The first-order valence-electron chi connectivity index (χ1n) is 8.29. The minimum atomic E-state index is -0.224.